The predicted molar refractivity (Wildman–Crippen MR) is 121 cm³/mol. The van der Waals surface area contributed by atoms with Gasteiger partial charge in [0.05, 0.1) is 7.11 Å². The van der Waals surface area contributed by atoms with Crippen molar-refractivity contribution in [2.24, 2.45) is 0 Å². The lowest BCUT2D eigenvalue weighted by molar-refractivity contribution is 0.0827. The van der Waals surface area contributed by atoms with Gasteiger partial charge < -0.3 is 19.9 Å². The van der Waals surface area contributed by atoms with E-state index in [-0.39, 0.29) is 11.8 Å². The van der Waals surface area contributed by atoms with Crippen LogP contribution in [-0.4, -0.2) is 61.0 Å². The molecule has 0 bridgehead atoms. The summed E-state index contributed by atoms with van der Waals surface area (Å²) in [6, 6.07) is 10.4. The zero-order chi connectivity index (χ0) is 22.0. The Morgan fingerprint density at radius 2 is 1.84 bits per heavy atom. The van der Waals surface area contributed by atoms with Crippen molar-refractivity contribution < 1.29 is 14.3 Å². The summed E-state index contributed by atoms with van der Waals surface area (Å²) in [5.74, 6) is 0.571. The number of nitrogens with one attached hydrogen (secondary N) is 3. The second-order valence-electron chi connectivity index (χ2n) is 7.54. The van der Waals surface area contributed by atoms with Crippen LogP contribution in [0, 0.1) is 0 Å². The van der Waals surface area contributed by atoms with Crippen molar-refractivity contribution in [3.63, 3.8) is 0 Å². The number of carbonyl (C=O) groups excluding carboxylic acids is 2. The third-order valence-electron chi connectivity index (χ3n) is 5.27. The predicted octanol–water partition coefficient (Wildman–Crippen LogP) is 2.90. The van der Waals surface area contributed by atoms with E-state index in [1.54, 1.807) is 45.5 Å². The molecular weight excluding hydrogens is 394 g/mol. The molecule has 0 fully saturated rings. The highest BCUT2D eigenvalue weighted by Crippen LogP contribution is 2.33. The molecule has 3 aromatic rings. The summed E-state index contributed by atoms with van der Waals surface area (Å²) in [6.07, 6.45) is 3.07. The molecule has 1 aromatic heterocycles. The summed E-state index contributed by atoms with van der Waals surface area (Å²) < 4.78 is 5.48. The molecule has 0 unspecified atom stereocenters. The van der Waals surface area contributed by atoms with Crippen molar-refractivity contribution in [3.8, 4) is 5.75 Å². The van der Waals surface area contributed by atoms with Gasteiger partial charge in [-0.1, -0.05) is 6.08 Å². The van der Waals surface area contributed by atoms with E-state index in [1.807, 2.05) is 12.1 Å². The Kier molecular flexibility index (Phi) is 5.73. The third kappa shape index (κ3) is 4.15. The second-order valence-corrected chi connectivity index (χ2v) is 7.54. The molecule has 2 heterocycles. The molecule has 3 N–H and O–H groups in total. The highest BCUT2D eigenvalue weighted by Gasteiger charge is 2.18. The van der Waals surface area contributed by atoms with E-state index in [4.69, 9.17) is 4.74 Å². The van der Waals surface area contributed by atoms with Gasteiger partial charge in [0.1, 0.15) is 16.8 Å². The van der Waals surface area contributed by atoms with Gasteiger partial charge in [0, 0.05) is 37.3 Å². The zero-order valence-electron chi connectivity index (χ0n) is 17.8. The molecular formula is C23H25N5O3. The van der Waals surface area contributed by atoms with Crippen LogP contribution in [0.25, 0.3) is 16.6 Å². The van der Waals surface area contributed by atoms with Crippen molar-refractivity contribution in [1.82, 2.24) is 20.2 Å². The Bertz CT molecular complexity index is 1160. The molecule has 0 radical (unpaired) electrons. The van der Waals surface area contributed by atoms with E-state index in [0.29, 0.717) is 22.8 Å². The van der Waals surface area contributed by atoms with Gasteiger partial charge in [0.2, 0.25) is 5.95 Å². The molecule has 0 saturated heterocycles. The number of ether oxygens (including phenoxy) is 1. The number of methoxy groups -OCH3 is 1. The minimum atomic E-state index is -0.315. The van der Waals surface area contributed by atoms with Gasteiger partial charge in [-0.05, 0) is 54.9 Å². The summed E-state index contributed by atoms with van der Waals surface area (Å²) in [6.45, 7) is 1.74. The number of carbonyl (C=O) groups is 2. The minimum Gasteiger partial charge on any atom is -0.494 e. The summed E-state index contributed by atoms with van der Waals surface area (Å²) >= 11 is 0. The molecule has 0 aliphatic carbocycles. The fourth-order valence-corrected chi connectivity index (χ4v) is 3.63. The Morgan fingerprint density at radius 3 is 2.48 bits per heavy atom. The van der Waals surface area contributed by atoms with Crippen LogP contribution in [-0.2, 0) is 0 Å². The minimum absolute atomic E-state index is 0.115. The molecule has 8 heteroatoms. The summed E-state index contributed by atoms with van der Waals surface area (Å²) in [7, 11) is 4.98. The van der Waals surface area contributed by atoms with Gasteiger partial charge in [-0.25, -0.2) is 4.98 Å². The zero-order valence-corrected chi connectivity index (χ0v) is 17.8. The number of H-pyrrole nitrogens is 1. The Balaban J connectivity index is 1.62. The second kappa shape index (κ2) is 8.61. The van der Waals surface area contributed by atoms with E-state index < -0.39 is 0 Å². The van der Waals surface area contributed by atoms with Gasteiger partial charge in [0.15, 0.2) is 0 Å². The highest BCUT2D eigenvalue weighted by molar-refractivity contribution is 6.05. The number of imidazole rings is 1. The summed E-state index contributed by atoms with van der Waals surface area (Å²) in [5.41, 5.74) is 4.70. The molecule has 1 aliphatic heterocycles. The fraction of sp³-hybridized carbons (Fsp3) is 0.261. The SMILES string of the molecule is COc1ccc(C2=CCNCC2)c2nc(NC(=O)c3ccc(C(=O)N(C)C)cc3)[nH]c12. The van der Waals surface area contributed by atoms with Crippen LogP contribution in [0.15, 0.2) is 42.5 Å². The Hall–Kier alpha value is -3.65. The number of rotatable bonds is 5. The average molecular weight is 419 g/mol. The van der Waals surface area contributed by atoms with Gasteiger partial charge in [0.25, 0.3) is 11.8 Å². The lowest BCUT2D eigenvalue weighted by atomic mass is 9.99. The largest absolute Gasteiger partial charge is 0.494 e. The highest BCUT2D eigenvalue weighted by atomic mass is 16.5. The lowest BCUT2D eigenvalue weighted by Gasteiger charge is -2.15. The first-order valence-corrected chi connectivity index (χ1v) is 10.1. The number of hydrogen-bond acceptors (Lipinski definition) is 5. The normalized spacial score (nSPS) is 13.6. The number of fused-ring (bicyclic) bond motifs is 1. The summed E-state index contributed by atoms with van der Waals surface area (Å²) in [5, 5.41) is 6.12. The van der Waals surface area contributed by atoms with Crippen LogP contribution in [0.2, 0.25) is 0 Å². The van der Waals surface area contributed by atoms with Crippen LogP contribution < -0.4 is 15.4 Å². The Morgan fingerprint density at radius 1 is 1.10 bits per heavy atom. The van der Waals surface area contributed by atoms with Crippen LogP contribution in [0.5, 0.6) is 5.75 Å². The monoisotopic (exact) mass is 419 g/mol. The molecule has 2 amide bonds. The van der Waals surface area contributed by atoms with Crippen molar-refractivity contribution in [3.05, 3.63) is 59.2 Å². The molecule has 4 rings (SSSR count). The molecule has 160 valence electrons. The van der Waals surface area contributed by atoms with Crippen molar-refractivity contribution in [2.45, 2.75) is 6.42 Å². The third-order valence-corrected chi connectivity index (χ3v) is 5.27. The maximum atomic E-state index is 12.7. The molecule has 0 atom stereocenters. The van der Waals surface area contributed by atoms with Gasteiger partial charge in [-0.2, -0.15) is 0 Å². The Labute approximate surface area is 180 Å². The van der Waals surface area contributed by atoms with Gasteiger partial charge in [-0.15, -0.1) is 0 Å². The first kappa shape index (κ1) is 20.6. The molecule has 8 nitrogen and oxygen atoms in total. The lowest BCUT2D eigenvalue weighted by Crippen LogP contribution is -2.21. The number of aromatic nitrogens is 2. The van der Waals surface area contributed by atoms with Crippen LogP contribution >= 0.6 is 0 Å². The first-order valence-electron chi connectivity index (χ1n) is 10.1. The maximum absolute atomic E-state index is 12.7. The van der Waals surface area contributed by atoms with E-state index in [1.165, 1.54) is 10.5 Å². The van der Waals surface area contributed by atoms with E-state index in [9.17, 15) is 9.59 Å². The van der Waals surface area contributed by atoms with Crippen molar-refractivity contribution in [2.75, 3.05) is 39.6 Å². The maximum Gasteiger partial charge on any atom is 0.257 e. The smallest absolute Gasteiger partial charge is 0.257 e. The van der Waals surface area contributed by atoms with Gasteiger partial charge >= 0.3 is 0 Å². The number of anilines is 1. The number of aromatic amines is 1. The van der Waals surface area contributed by atoms with Crippen molar-refractivity contribution in [1.29, 1.82) is 0 Å². The first-order chi connectivity index (χ1) is 15.0. The van der Waals surface area contributed by atoms with Crippen LogP contribution in [0.3, 0.4) is 0 Å². The topological polar surface area (TPSA) is 99.3 Å². The molecule has 0 saturated carbocycles. The number of benzene rings is 2. The molecule has 31 heavy (non-hydrogen) atoms. The van der Waals surface area contributed by atoms with E-state index in [2.05, 4.69) is 26.7 Å². The number of hydrogen-bond donors (Lipinski definition) is 3. The quantitative estimate of drug-likeness (QED) is 0.591. The van der Waals surface area contributed by atoms with E-state index >= 15 is 0 Å². The summed E-state index contributed by atoms with van der Waals surface area (Å²) in [4.78, 5) is 34.1. The molecule has 2 aromatic carbocycles. The van der Waals surface area contributed by atoms with Crippen LogP contribution in [0.4, 0.5) is 5.95 Å². The number of amides is 2. The average Bonchev–Trinajstić information content (AvgIpc) is 3.22. The van der Waals surface area contributed by atoms with Crippen molar-refractivity contribution >= 4 is 34.4 Å². The van der Waals surface area contributed by atoms with Crippen LogP contribution in [0.1, 0.15) is 32.7 Å². The standard InChI is InChI=1S/C23H25N5O3/c1-28(2)22(30)16-6-4-15(5-7-16)21(29)27-23-25-19-17(14-10-12-24-13-11-14)8-9-18(31-3)20(19)26-23/h4-10,24H,11-13H2,1-3H3,(H2,25,26,27,29). The van der Waals surface area contributed by atoms with Gasteiger partial charge in [-0.3, -0.25) is 14.9 Å². The number of nitrogens with zero attached hydrogens (tertiary/aromatic N) is 2. The van der Waals surface area contributed by atoms with E-state index in [0.717, 1.165) is 36.1 Å². The molecule has 1 aliphatic rings. The molecule has 0 spiro atoms. The fourth-order valence-electron chi connectivity index (χ4n) is 3.63.